The summed E-state index contributed by atoms with van der Waals surface area (Å²) < 4.78 is 11.2. The van der Waals surface area contributed by atoms with Gasteiger partial charge in [-0.1, -0.05) is 42.5 Å². The highest BCUT2D eigenvalue weighted by molar-refractivity contribution is 5.73. The first-order valence-electron chi connectivity index (χ1n) is 8.21. The van der Waals surface area contributed by atoms with Gasteiger partial charge in [0.2, 0.25) is 5.89 Å². The Balaban J connectivity index is 1.51. The molecular weight excluding hydrogens is 320 g/mol. The molecule has 0 bridgehead atoms. The highest BCUT2D eigenvalue weighted by Crippen LogP contribution is 2.34. The zero-order chi connectivity index (χ0) is 17.2. The molecule has 6 heteroatoms. The average molecular weight is 338 g/mol. The maximum Gasteiger partial charge on any atom is 0.410 e. The Morgan fingerprint density at radius 3 is 2.76 bits per heavy atom. The van der Waals surface area contributed by atoms with E-state index < -0.39 is 18.2 Å². The third-order valence-electron chi connectivity index (χ3n) is 4.31. The van der Waals surface area contributed by atoms with E-state index >= 15 is 0 Å². The Morgan fingerprint density at radius 1 is 1.20 bits per heavy atom. The molecule has 0 saturated carbocycles. The van der Waals surface area contributed by atoms with E-state index in [1.54, 1.807) is 0 Å². The van der Waals surface area contributed by atoms with Gasteiger partial charge in [0, 0.05) is 6.42 Å². The molecule has 1 aromatic heterocycles. The minimum absolute atomic E-state index is 0.187. The van der Waals surface area contributed by atoms with Crippen LogP contribution < -0.4 is 0 Å². The number of aromatic nitrogens is 1. The number of ether oxygens (including phenoxy) is 1. The average Bonchev–Trinajstić information content (AvgIpc) is 3.23. The number of carbonyl (C=O) groups excluding carboxylic acids is 1. The van der Waals surface area contributed by atoms with Gasteiger partial charge in [0.15, 0.2) is 5.58 Å². The van der Waals surface area contributed by atoms with Gasteiger partial charge in [0.05, 0.1) is 12.6 Å². The lowest BCUT2D eigenvalue weighted by Gasteiger charge is -2.21. The molecule has 1 fully saturated rings. The minimum atomic E-state index is -0.621. The van der Waals surface area contributed by atoms with Crippen molar-refractivity contribution >= 4 is 17.2 Å². The van der Waals surface area contributed by atoms with Crippen molar-refractivity contribution in [1.29, 1.82) is 0 Å². The number of amides is 1. The van der Waals surface area contributed by atoms with Crippen LogP contribution in [0.5, 0.6) is 0 Å². The first-order chi connectivity index (χ1) is 12.2. The van der Waals surface area contributed by atoms with Gasteiger partial charge in [-0.3, -0.25) is 4.90 Å². The second-order valence-electron chi connectivity index (χ2n) is 6.12. The summed E-state index contributed by atoms with van der Waals surface area (Å²) in [7, 11) is 0. The maximum atomic E-state index is 12.5. The van der Waals surface area contributed by atoms with Crippen LogP contribution in [-0.2, 0) is 11.3 Å². The summed E-state index contributed by atoms with van der Waals surface area (Å²) in [6.07, 6.45) is -0.718. The minimum Gasteiger partial charge on any atom is -0.445 e. The van der Waals surface area contributed by atoms with Gasteiger partial charge in [0.25, 0.3) is 0 Å². The summed E-state index contributed by atoms with van der Waals surface area (Å²) in [5.41, 5.74) is 2.31. The summed E-state index contributed by atoms with van der Waals surface area (Å²) >= 11 is 0. The highest BCUT2D eigenvalue weighted by atomic mass is 16.6. The van der Waals surface area contributed by atoms with Crippen molar-refractivity contribution < 1.29 is 19.1 Å². The van der Waals surface area contributed by atoms with Gasteiger partial charge < -0.3 is 14.3 Å². The molecule has 0 aliphatic carbocycles. The standard InChI is InChI=1S/C19H18N2O4/c22-14-10-16(18-20-15-8-4-5-9-17(15)25-18)21(11-14)19(23)24-12-13-6-2-1-3-7-13/h1-9,14,16,22H,10-12H2. The van der Waals surface area contributed by atoms with E-state index in [0.29, 0.717) is 17.9 Å². The van der Waals surface area contributed by atoms with Crippen LogP contribution in [0.4, 0.5) is 4.79 Å². The molecule has 0 radical (unpaired) electrons. The highest BCUT2D eigenvalue weighted by Gasteiger charge is 2.39. The fraction of sp³-hybridized carbons (Fsp3) is 0.263. The predicted octanol–water partition coefficient (Wildman–Crippen LogP) is 3.27. The van der Waals surface area contributed by atoms with E-state index in [4.69, 9.17) is 9.15 Å². The van der Waals surface area contributed by atoms with E-state index in [2.05, 4.69) is 4.98 Å². The molecule has 1 N–H and O–H groups in total. The number of aliphatic hydroxyl groups is 1. The predicted molar refractivity (Wildman–Crippen MR) is 90.7 cm³/mol. The lowest BCUT2D eigenvalue weighted by molar-refractivity contribution is 0.0844. The summed E-state index contributed by atoms with van der Waals surface area (Å²) in [5, 5.41) is 10.0. The number of likely N-dealkylation sites (tertiary alicyclic amines) is 1. The van der Waals surface area contributed by atoms with Crippen molar-refractivity contribution in [2.24, 2.45) is 0 Å². The number of hydrogen-bond donors (Lipinski definition) is 1. The molecule has 2 aromatic carbocycles. The van der Waals surface area contributed by atoms with E-state index in [1.807, 2.05) is 54.6 Å². The molecule has 1 saturated heterocycles. The molecule has 1 aliphatic rings. The number of carbonyl (C=O) groups is 1. The normalized spacial score (nSPS) is 20.1. The van der Waals surface area contributed by atoms with E-state index in [9.17, 15) is 9.90 Å². The summed E-state index contributed by atoms with van der Waals surface area (Å²) in [5.74, 6) is 0.425. The Kier molecular flexibility index (Phi) is 4.11. The lowest BCUT2D eigenvalue weighted by Crippen LogP contribution is -2.32. The van der Waals surface area contributed by atoms with Crippen LogP contribution in [0.25, 0.3) is 11.1 Å². The monoisotopic (exact) mass is 338 g/mol. The second kappa shape index (κ2) is 6.57. The van der Waals surface area contributed by atoms with Crippen molar-refractivity contribution in [3.8, 4) is 0 Å². The molecule has 2 unspecified atom stereocenters. The SMILES string of the molecule is O=C(OCc1ccccc1)N1CC(O)CC1c1nc2ccccc2o1. The van der Waals surface area contributed by atoms with Crippen molar-refractivity contribution in [3.05, 3.63) is 66.1 Å². The van der Waals surface area contributed by atoms with E-state index in [-0.39, 0.29) is 13.2 Å². The van der Waals surface area contributed by atoms with Crippen LogP contribution >= 0.6 is 0 Å². The van der Waals surface area contributed by atoms with E-state index in [0.717, 1.165) is 11.1 Å². The Bertz CT molecular complexity index is 844. The van der Waals surface area contributed by atoms with Gasteiger partial charge in [-0.15, -0.1) is 0 Å². The number of β-amino-alcohol motifs (C(OH)–C–C–N with tert-alkyl or cyclic N) is 1. The van der Waals surface area contributed by atoms with Crippen LogP contribution in [0.2, 0.25) is 0 Å². The molecular formula is C19H18N2O4. The number of benzene rings is 2. The van der Waals surface area contributed by atoms with Crippen molar-refractivity contribution in [2.75, 3.05) is 6.54 Å². The van der Waals surface area contributed by atoms with Crippen LogP contribution in [0.3, 0.4) is 0 Å². The topological polar surface area (TPSA) is 75.8 Å². The van der Waals surface area contributed by atoms with Crippen LogP contribution in [-0.4, -0.2) is 33.7 Å². The number of aliphatic hydroxyl groups excluding tert-OH is 1. The molecule has 3 aromatic rings. The van der Waals surface area contributed by atoms with Crippen molar-refractivity contribution in [3.63, 3.8) is 0 Å². The molecule has 2 atom stereocenters. The molecule has 25 heavy (non-hydrogen) atoms. The summed E-state index contributed by atoms with van der Waals surface area (Å²) in [6.45, 7) is 0.392. The molecule has 4 rings (SSSR count). The van der Waals surface area contributed by atoms with Crippen LogP contribution in [0, 0.1) is 0 Å². The number of fused-ring (bicyclic) bond motifs is 1. The fourth-order valence-electron chi connectivity index (χ4n) is 3.08. The number of oxazole rings is 1. The number of rotatable bonds is 3. The number of hydrogen-bond acceptors (Lipinski definition) is 5. The molecule has 2 heterocycles. The smallest absolute Gasteiger partial charge is 0.410 e. The quantitative estimate of drug-likeness (QED) is 0.793. The molecule has 1 aliphatic heterocycles. The zero-order valence-corrected chi connectivity index (χ0v) is 13.5. The fourth-order valence-corrected chi connectivity index (χ4v) is 3.08. The van der Waals surface area contributed by atoms with Crippen LogP contribution in [0.1, 0.15) is 23.9 Å². The molecule has 6 nitrogen and oxygen atoms in total. The van der Waals surface area contributed by atoms with Crippen molar-refractivity contribution in [1.82, 2.24) is 9.88 Å². The molecule has 128 valence electrons. The third kappa shape index (κ3) is 3.21. The molecule has 1 amide bonds. The van der Waals surface area contributed by atoms with Gasteiger partial charge >= 0.3 is 6.09 Å². The molecule has 0 spiro atoms. The number of nitrogens with zero attached hydrogens (tertiary/aromatic N) is 2. The second-order valence-corrected chi connectivity index (χ2v) is 6.12. The number of para-hydroxylation sites is 2. The maximum absolute atomic E-state index is 12.5. The largest absolute Gasteiger partial charge is 0.445 e. The Hall–Kier alpha value is -2.86. The van der Waals surface area contributed by atoms with Gasteiger partial charge in [-0.25, -0.2) is 9.78 Å². The summed E-state index contributed by atoms with van der Waals surface area (Å²) in [6, 6.07) is 16.5. The van der Waals surface area contributed by atoms with Crippen LogP contribution in [0.15, 0.2) is 59.0 Å². The van der Waals surface area contributed by atoms with Gasteiger partial charge in [-0.05, 0) is 17.7 Å². The Labute approximate surface area is 144 Å². The first kappa shape index (κ1) is 15.7. The van der Waals surface area contributed by atoms with Gasteiger partial charge in [-0.2, -0.15) is 0 Å². The zero-order valence-electron chi connectivity index (χ0n) is 13.5. The van der Waals surface area contributed by atoms with Gasteiger partial charge in [0.1, 0.15) is 18.2 Å². The summed E-state index contributed by atoms with van der Waals surface area (Å²) in [4.78, 5) is 18.4. The lowest BCUT2D eigenvalue weighted by atomic mass is 10.2. The van der Waals surface area contributed by atoms with Crippen molar-refractivity contribution in [2.45, 2.75) is 25.2 Å². The Morgan fingerprint density at radius 2 is 1.96 bits per heavy atom. The van der Waals surface area contributed by atoms with E-state index in [1.165, 1.54) is 4.90 Å². The first-order valence-corrected chi connectivity index (χ1v) is 8.21. The third-order valence-corrected chi connectivity index (χ3v) is 4.31.